The third-order valence-electron chi connectivity index (χ3n) is 3.69. The Morgan fingerprint density at radius 3 is 2.52 bits per heavy atom. The Hall–Kier alpha value is -1.83. The van der Waals surface area contributed by atoms with E-state index < -0.39 is 11.7 Å². The normalized spacial score (nSPS) is 16.9. The molecule has 1 amide bonds. The standard InChI is InChI=1S/C13H17F3N4O/c1-8-6-10(13(14,15)16)7-18-11(8)20-4-2-9(3-5-20)12(21)19-17/h6-7,9H,2-5,17H2,1H3,(H,19,21). The smallest absolute Gasteiger partial charge is 0.356 e. The molecule has 1 aromatic heterocycles. The quantitative estimate of drug-likeness (QED) is 0.495. The molecule has 0 spiro atoms. The zero-order valence-electron chi connectivity index (χ0n) is 11.6. The Labute approximate surface area is 120 Å². The summed E-state index contributed by atoms with van der Waals surface area (Å²) in [5, 5.41) is 0. The SMILES string of the molecule is Cc1cc(C(F)(F)F)cnc1N1CCC(C(=O)NN)CC1. The van der Waals surface area contributed by atoms with Crippen LogP contribution in [-0.4, -0.2) is 24.0 Å². The van der Waals surface area contributed by atoms with Gasteiger partial charge in [-0.05, 0) is 31.4 Å². The van der Waals surface area contributed by atoms with Gasteiger partial charge in [0.2, 0.25) is 5.91 Å². The van der Waals surface area contributed by atoms with Crippen LogP contribution in [0.4, 0.5) is 19.0 Å². The lowest BCUT2D eigenvalue weighted by atomic mass is 9.96. The second kappa shape index (κ2) is 5.88. The molecule has 1 aromatic rings. The summed E-state index contributed by atoms with van der Waals surface area (Å²) in [5.74, 6) is 5.28. The molecule has 0 saturated carbocycles. The van der Waals surface area contributed by atoms with Gasteiger partial charge in [0.05, 0.1) is 5.56 Å². The van der Waals surface area contributed by atoms with Gasteiger partial charge in [-0.2, -0.15) is 13.2 Å². The second-order valence-electron chi connectivity index (χ2n) is 5.13. The summed E-state index contributed by atoms with van der Waals surface area (Å²) in [6.45, 7) is 2.74. The number of hydrogen-bond donors (Lipinski definition) is 2. The average molecular weight is 302 g/mol. The number of hydrogen-bond acceptors (Lipinski definition) is 4. The first-order chi connectivity index (χ1) is 9.82. The van der Waals surface area contributed by atoms with Crippen LogP contribution in [0.2, 0.25) is 0 Å². The number of anilines is 1. The highest BCUT2D eigenvalue weighted by Crippen LogP contribution is 2.32. The Morgan fingerprint density at radius 1 is 1.43 bits per heavy atom. The molecule has 5 nitrogen and oxygen atoms in total. The number of alkyl halides is 3. The minimum absolute atomic E-state index is 0.152. The molecule has 0 bridgehead atoms. The molecular weight excluding hydrogens is 285 g/mol. The summed E-state index contributed by atoms with van der Waals surface area (Å²) in [5.41, 5.74) is 1.86. The van der Waals surface area contributed by atoms with E-state index in [1.807, 2.05) is 4.90 Å². The fourth-order valence-electron chi connectivity index (χ4n) is 2.52. The van der Waals surface area contributed by atoms with Crippen molar-refractivity contribution in [3.05, 3.63) is 23.4 Å². The Morgan fingerprint density at radius 2 is 2.05 bits per heavy atom. The summed E-state index contributed by atoms with van der Waals surface area (Å²) in [6, 6.07) is 1.10. The number of aromatic nitrogens is 1. The Kier molecular flexibility index (Phi) is 4.36. The van der Waals surface area contributed by atoms with Crippen LogP contribution in [0.3, 0.4) is 0 Å². The Bertz CT molecular complexity index is 525. The molecular formula is C13H17F3N4O. The molecule has 2 heterocycles. The molecule has 1 fully saturated rings. The van der Waals surface area contributed by atoms with Crippen LogP contribution in [0.5, 0.6) is 0 Å². The number of nitrogens with one attached hydrogen (secondary N) is 1. The van der Waals surface area contributed by atoms with Crippen LogP contribution in [0.15, 0.2) is 12.3 Å². The lowest BCUT2D eigenvalue weighted by Crippen LogP contribution is -2.43. The van der Waals surface area contributed by atoms with Crippen LogP contribution in [0, 0.1) is 12.8 Å². The van der Waals surface area contributed by atoms with Crippen molar-refractivity contribution in [2.75, 3.05) is 18.0 Å². The minimum atomic E-state index is -4.39. The van der Waals surface area contributed by atoms with Crippen molar-refractivity contribution in [1.82, 2.24) is 10.4 Å². The van der Waals surface area contributed by atoms with Gasteiger partial charge >= 0.3 is 6.18 Å². The van der Waals surface area contributed by atoms with Gasteiger partial charge in [-0.1, -0.05) is 0 Å². The monoisotopic (exact) mass is 302 g/mol. The van der Waals surface area contributed by atoms with E-state index in [2.05, 4.69) is 10.4 Å². The van der Waals surface area contributed by atoms with Gasteiger partial charge in [0.15, 0.2) is 0 Å². The van der Waals surface area contributed by atoms with Gasteiger partial charge < -0.3 is 4.90 Å². The summed E-state index contributed by atoms with van der Waals surface area (Å²) >= 11 is 0. The summed E-state index contributed by atoms with van der Waals surface area (Å²) < 4.78 is 37.8. The van der Waals surface area contributed by atoms with Crippen molar-refractivity contribution in [1.29, 1.82) is 0 Å². The number of aryl methyl sites for hydroxylation is 1. The number of carbonyl (C=O) groups excluding carboxylic acids is 1. The molecule has 0 radical (unpaired) electrons. The van der Waals surface area contributed by atoms with Crippen molar-refractivity contribution in [2.45, 2.75) is 25.9 Å². The van der Waals surface area contributed by atoms with E-state index >= 15 is 0 Å². The maximum absolute atomic E-state index is 12.6. The van der Waals surface area contributed by atoms with Crippen molar-refractivity contribution in [3.63, 3.8) is 0 Å². The van der Waals surface area contributed by atoms with Gasteiger partial charge in [0.1, 0.15) is 5.82 Å². The summed E-state index contributed by atoms with van der Waals surface area (Å²) in [7, 11) is 0. The van der Waals surface area contributed by atoms with Crippen molar-refractivity contribution in [2.24, 2.45) is 11.8 Å². The van der Waals surface area contributed by atoms with Crippen LogP contribution >= 0.6 is 0 Å². The lowest BCUT2D eigenvalue weighted by Gasteiger charge is -2.32. The molecule has 1 aliphatic rings. The molecule has 21 heavy (non-hydrogen) atoms. The van der Waals surface area contributed by atoms with Crippen LogP contribution < -0.4 is 16.2 Å². The molecule has 0 unspecified atom stereocenters. The van der Waals surface area contributed by atoms with Gasteiger partial charge in [0, 0.05) is 25.2 Å². The van der Waals surface area contributed by atoms with Crippen LogP contribution in [-0.2, 0) is 11.0 Å². The maximum Gasteiger partial charge on any atom is 0.417 e. The van der Waals surface area contributed by atoms with E-state index in [-0.39, 0.29) is 11.8 Å². The number of amides is 1. The largest absolute Gasteiger partial charge is 0.417 e. The number of pyridine rings is 1. The maximum atomic E-state index is 12.6. The van der Waals surface area contributed by atoms with Crippen LogP contribution in [0.1, 0.15) is 24.0 Å². The zero-order chi connectivity index (χ0) is 15.6. The first kappa shape index (κ1) is 15.6. The predicted molar refractivity (Wildman–Crippen MR) is 71.2 cm³/mol. The topological polar surface area (TPSA) is 71.2 Å². The van der Waals surface area contributed by atoms with E-state index in [9.17, 15) is 18.0 Å². The zero-order valence-corrected chi connectivity index (χ0v) is 11.6. The number of hydrazine groups is 1. The number of rotatable bonds is 2. The average Bonchev–Trinajstić information content (AvgIpc) is 2.45. The van der Waals surface area contributed by atoms with Crippen molar-refractivity contribution >= 4 is 11.7 Å². The third kappa shape index (κ3) is 3.44. The highest BCUT2D eigenvalue weighted by Gasteiger charge is 2.32. The first-order valence-corrected chi connectivity index (χ1v) is 6.62. The second-order valence-corrected chi connectivity index (χ2v) is 5.13. The summed E-state index contributed by atoms with van der Waals surface area (Å²) in [4.78, 5) is 17.3. The summed E-state index contributed by atoms with van der Waals surface area (Å²) in [6.07, 6.45) is -2.33. The van der Waals surface area contributed by atoms with E-state index in [1.54, 1.807) is 6.92 Å². The highest BCUT2D eigenvalue weighted by molar-refractivity contribution is 5.78. The van der Waals surface area contributed by atoms with E-state index in [1.165, 1.54) is 0 Å². The highest BCUT2D eigenvalue weighted by atomic mass is 19.4. The van der Waals surface area contributed by atoms with Crippen LogP contribution in [0.25, 0.3) is 0 Å². The number of nitrogens with zero attached hydrogens (tertiary/aromatic N) is 2. The molecule has 8 heteroatoms. The molecule has 2 rings (SSSR count). The number of halogens is 3. The predicted octanol–water partition coefficient (Wildman–Crippen LogP) is 1.62. The van der Waals surface area contributed by atoms with Gasteiger partial charge in [0.25, 0.3) is 0 Å². The van der Waals surface area contributed by atoms with Gasteiger partial charge in [-0.15, -0.1) is 0 Å². The van der Waals surface area contributed by atoms with E-state index in [0.29, 0.717) is 37.3 Å². The van der Waals surface area contributed by atoms with Crippen molar-refractivity contribution < 1.29 is 18.0 Å². The number of nitrogens with two attached hydrogens (primary N) is 1. The molecule has 0 aliphatic carbocycles. The number of carbonyl (C=O) groups is 1. The minimum Gasteiger partial charge on any atom is -0.356 e. The number of piperidine rings is 1. The third-order valence-corrected chi connectivity index (χ3v) is 3.69. The molecule has 1 saturated heterocycles. The van der Waals surface area contributed by atoms with Gasteiger partial charge in [-0.3, -0.25) is 10.2 Å². The first-order valence-electron chi connectivity index (χ1n) is 6.62. The molecule has 0 aromatic carbocycles. The molecule has 0 atom stereocenters. The Balaban J connectivity index is 2.09. The fraction of sp³-hybridized carbons (Fsp3) is 0.538. The molecule has 116 valence electrons. The fourth-order valence-corrected chi connectivity index (χ4v) is 2.52. The van der Waals surface area contributed by atoms with E-state index in [0.717, 1.165) is 12.3 Å². The lowest BCUT2D eigenvalue weighted by molar-refractivity contribution is -0.137. The molecule has 3 N–H and O–H groups in total. The van der Waals surface area contributed by atoms with E-state index in [4.69, 9.17) is 5.84 Å². The molecule has 1 aliphatic heterocycles. The van der Waals surface area contributed by atoms with Crippen molar-refractivity contribution in [3.8, 4) is 0 Å². The van der Waals surface area contributed by atoms with Gasteiger partial charge in [-0.25, -0.2) is 10.8 Å².